The number of hydrogen-bond donors (Lipinski definition) is 1. The lowest BCUT2D eigenvalue weighted by Gasteiger charge is -2.32. The summed E-state index contributed by atoms with van der Waals surface area (Å²) < 4.78 is 8.29. The third kappa shape index (κ3) is 4.21. The van der Waals surface area contributed by atoms with Crippen molar-refractivity contribution in [3.63, 3.8) is 0 Å². The number of hydrogen-bond acceptors (Lipinski definition) is 5. The zero-order chi connectivity index (χ0) is 20.3. The summed E-state index contributed by atoms with van der Waals surface area (Å²) in [7, 11) is 0. The van der Waals surface area contributed by atoms with E-state index in [1.54, 1.807) is 0 Å². The lowest BCUT2D eigenvalue weighted by Crippen LogP contribution is -2.44. The minimum Gasteiger partial charge on any atom is -0.488 e. The Morgan fingerprint density at radius 2 is 2.07 bits per heavy atom. The molecule has 0 saturated carbocycles. The predicted molar refractivity (Wildman–Crippen MR) is 114 cm³/mol. The van der Waals surface area contributed by atoms with Gasteiger partial charge in [0.05, 0.1) is 13.1 Å². The van der Waals surface area contributed by atoms with Gasteiger partial charge in [-0.3, -0.25) is 9.69 Å². The standard InChI is InChI=1S/C23H31N5O2/c29-22(24-14-19-13-17-7-3-4-9-20(17)30-19)16-27-11-6-8-18(15-27)23-26-25-21-10-2-1-5-12-28(21)23/h3-4,7,9,18-19H,1-2,5-6,8,10-16H2,(H,24,29). The number of carbonyl (C=O) groups is 1. The van der Waals surface area contributed by atoms with Gasteiger partial charge in [-0.25, -0.2) is 0 Å². The molecule has 1 amide bonds. The van der Waals surface area contributed by atoms with Crippen LogP contribution in [0.25, 0.3) is 0 Å². The molecule has 7 nitrogen and oxygen atoms in total. The maximum atomic E-state index is 12.6. The predicted octanol–water partition coefficient (Wildman–Crippen LogP) is 2.30. The molecule has 0 radical (unpaired) electrons. The molecular weight excluding hydrogens is 378 g/mol. The molecule has 160 valence electrons. The monoisotopic (exact) mass is 409 g/mol. The quantitative estimate of drug-likeness (QED) is 0.821. The number of aryl methyl sites for hydroxylation is 1. The van der Waals surface area contributed by atoms with Crippen LogP contribution in [0.3, 0.4) is 0 Å². The van der Waals surface area contributed by atoms with Crippen LogP contribution in [0.4, 0.5) is 0 Å². The minimum atomic E-state index is 0.0342. The Balaban J connectivity index is 1.13. The molecule has 0 aliphatic carbocycles. The van der Waals surface area contributed by atoms with Gasteiger partial charge in [0.25, 0.3) is 0 Å². The summed E-state index contributed by atoms with van der Waals surface area (Å²) in [4.78, 5) is 14.8. The molecule has 7 heteroatoms. The van der Waals surface area contributed by atoms with Gasteiger partial charge >= 0.3 is 0 Å². The first-order valence-electron chi connectivity index (χ1n) is 11.4. The first-order chi connectivity index (χ1) is 14.8. The van der Waals surface area contributed by atoms with Gasteiger partial charge in [0, 0.05) is 31.8 Å². The molecule has 2 aromatic rings. The number of nitrogens with zero attached hydrogens (tertiary/aromatic N) is 4. The largest absolute Gasteiger partial charge is 0.488 e. The minimum absolute atomic E-state index is 0.0342. The van der Waals surface area contributed by atoms with Crippen molar-refractivity contribution in [2.45, 2.75) is 63.5 Å². The van der Waals surface area contributed by atoms with E-state index in [9.17, 15) is 4.79 Å². The fourth-order valence-corrected chi connectivity index (χ4v) is 5.07. The lowest BCUT2D eigenvalue weighted by molar-refractivity contribution is -0.122. The first kappa shape index (κ1) is 19.5. The number of aromatic nitrogens is 3. The summed E-state index contributed by atoms with van der Waals surface area (Å²) in [5, 5.41) is 12.1. The van der Waals surface area contributed by atoms with Crippen LogP contribution in [0.5, 0.6) is 5.75 Å². The Bertz CT molecular complexity index is 870. The summed E-state index contributed by atoms with van der Waals surface area (Å²) >= 11 is 0. The normalized spacial score (nSPS) is 23.9. The molecule has 2 atom stereocenters. The van der Waals surface area contributed by atoms with Gasteiger partial charge in [0.1, 0.15) is 23.5 Å². The molecular formula is C23H31N5O2. The average Bonchev–Trinajstić information content (AvgIpc) is 3.29. The second kappa shape index (κ2) is 8.76. The van der Waals surface area contributed by atoms with Crippen LogP contribution in [0.15, 0.2) is 24.3 Å². The van der Waals surface area contributed by atoms with E-state index in [0.717, 1.165) is 62.7 Å². The van der Waals surface area contributed by atoms with E-state index in [1.165, 1.54) is 24.8 Å². The topological polar surface area (TPSA) is 72.3 Å². The number of ether oxygens (including phenoxy) is 1. The molecule has 1 fully saturated rings. The third-order valence-electron chi connectivity index (χ3n) is 6.62. The van der Waals surface area contributed by atoms with Crippen molar-refractivity contribution in [2.24, 2.45) is 0 Å². The summed E-state index contributed by atoms with van der Waals surface area (Å²) in [6.45, 7) is 3.89. The van der Waals surface area contributed by atoms with Crippen molar-refractivity contribution in [1.82, 2.24) is 25.0 Å². The smallest absolute Gasteiger partial charge is 0.234 e. The molecule has 3 aliphatic heterocycles. The molecule has 3 aliphatic rings. The summed E-state index contributed by atoms with van der Waals surface area (Å²) in [5.41, 5.74) is 1.23. The van der Waals surface area contributed by atoms with Crippen LogP contribution in [0, 0.1) is 0 Å². The van der Waals surface area contributed by atoms with Gasteiger partial charge in [0.15, 0.2) is 0 Å². The molecule has 2 unspecified atom stereocenters. The fourth-order valence-electron chi connectivity index (χ4n) is 5.07. The van der Waals surface area contributed by atoms with Crippen LogP contribution in [-0.2, 0) is 24.2 Å². The highest BCUT2D eigenvalue weighted by atomic mass is 16.5. The highest BCUT2D eigenvalue weighted by molar-refractivity contribution is 5.78. The Morgan fingerprint density at radius 3 is 3.00 bits per heavy atom. The van der Waals surface area contributed by atoms with E-state index < -0.39 is 0 Å². The average molecular weight is 410 g/mol. The van der Waals surface area contributed by atoms with Gasteiger partial charge in [0.2, 0.25) is 5.91 Å². The van der Waals surface area contributed by atoms with Gasteiger partial charge in [-0.1, -0.05) is 24.6 Å². The van der Waals surface area contributed by atoms with Crippen LogP contribution >= 0.6 is 0 Å². The van der Waals surface area contributed by atoms with Crippen molar-refractivity contribution in [1.29, 1.82) is 0 Å². The number of piperidine rings is 1. The van der Waals surface area contributed by atoms with E-state index in [0.29, 0.717) is 19.0 Å². The van der Waals surface area contributed by atoms with Crippen LogP contribution in [0.2, 0.25) is 0 Å². The summed E-state index contributed by atoms with van der Waals surface area (Å²) in [6, 6.07) is 8.11. The summed E-state index contributed by atoms with van der Waals surface area (Å²) in [6.07, 6.45) is 7.86. The van der Waals surface area contributed by atoms with Crippen molar-refractivity contribution in [3.8, 4) is 5.75 Å². The zero-order valence-corrected chi connectivity index (χ0v) is 17.6. The Hall–Kier alpha value is -2.41. The van der Waals surface area contributed by atoms with Crippen molar-refractivity contribution in [3.05, 3.63) is 41.5 Å². The molecule has 1 aromatic carbocycles. The molecule has 5 rings (SSSR count). The summed E-state index contributed by atoms with van der Waals surface area (Å²) in [5.74, 6) is 3.68. The maximum Gasteiger partial charge on any atom is 0.234 e. The van der Waals surface area contributed by atoms with Crippen molar-refractivity contribution in [2.75, 3.05) is 26.2 Å². The first-order valence-corrected chi connectivity index (χ1v) is 11.4. The number of fused-ring (bicyclic) bond motifs is 2. The molecule has 1 saturated heterocycles. The number of benzene rings is 1. The van der Waals surface area contributed by atoms with E-state index in [-0.39, 0.29) is 12.0 Å². The molecule has 0 bridgehead atoms. The van der Waals surface area contributed by atoms with Gasteiger partial charge in [-0.2, -0.15) is 0 Å². The Labute approximate surface area is 177 Å². The Kier molecular flexibility index (Phi) is 5.71. The lowest BCUT2D eigenvalue weighted by atomic mass is 9.97. The Morgan fingerprint density at radius 1 is 1.13 bits per heavy atom. The number of para-hydroxylation sites is 1. The van der Waals surface area contributed by atoms with Gasteiger partial charge in [-0.15, -0.1) is 10.2 Å². The SMILES string of the molecule is O=C(CN1CCCC(c2nnc3n2CCCCC3)C1)NCC1Cc2ccccc2O1. The third-order valence-corrected chi connectivity index (χ3v) is 6.62. The van der Waals surface area contributed by atoms with Crippen LogP contribution < -0.4 is 10.1 Å². The second-order valence-corrected chi connectivity index (χ2v) is 8.87. The number of likely N-dealkylation sites (tertiary alicyclic amines) is 1. The van der Waals surface area contributed by atoms with Gasteiger partial charge < -0.3 is 14.6 Å². The molecule has 4 heterocycles. The molecule has 30 heavy (non-hydrogen) atoms. The highest BCUT2D eigenvalue weighted by Gasteiger charge is 2.28. The van der Waals surface area contributed by atoms with E-state index >= 15 is 0 Å². The maximum absolute atomic E-state index is 12.6. The zero-order valence-electron chi connectivity index (χ0n) is 17.6. The number of carbonyl (C=O) groups excluding carboxylic acids is 1. The number of amides is 1. The van der Waals surface area contributed by atoms with Crippen molar-refractivity contribution < 1.29 is 9.53 Å². The fraction of sp³-hybridized carbons (Fsp3) is 0.609. The van der Waals surface area contributed by atoms with E-state index in [2.05, 4.69) is 31.0 Å². The molecule has 1 N–H and O–H groups in total. The van der Waals surface area contributed by atoms with E-state index in [4.69, 9.17) is 4.74 Å². The van der Waals surface area contributed by atoms with Crippen LogP contribution in [-0.4, -0.2) is 57.9 Å². The van der Waals surface area contributed by atoms with Gasteiger partial charge in [-0.05, 0) is 43.9 Å². The number of rotatable bonds is 5. The molecule has 0 spiro atoms. The molecule has 1 aromatic heterocycles. The highest BCUT2D eigenvalue weighted by Crippen LogP contribution is 2.29. The van der Waals surface area contributed by atoms with Crippen LogP contribution in [0.1, 0.15) is 55.2 Å². The second-order valence-electron chi connectivity index (χ2n) is 8.87. The van der Waals surface area contributed by atoms with Crippen molar-refractivity contribution >= 4 is 5.91 Å². The van der Waals surface area contributed by atoms with E-state index in [1.807, 2.05) is 18.2 Å². The number of nitrogens with one attached hydrogen (secondary N) is 1.